The normalized spacial score (nSPS) is 12.9. The molecule has 1 aromatic heterocycles. The molecule has 102 valence electrons. The third-order valence-corrected chi connectivity index (χ3v) is 3.60. The lowest BCUT2D eigenvalue weighted by Crippen LogP contribution is -2.12. The number of halogens is 1. The van der Waals surface area contributed by atoms with E-state index in [0.29, 0.717) is 6.42 Å². The van der Waals surface area contributed by atoms with Crippen molar-refractivity contribution in [2.75, 3.05) is 0 Å². The summed E-state index contributed by atoms with van der Waals surface area (Å²) in [6.07, 6.45) is 1.45. The van der Waals surface area contributed by atoms with Gasteiger partial charge in [-0.3, -0.25) is 0 Å². The summed E-state index contributed by atoms with van der Waals surface area (Å²) in [4.78, 5) is 4.23. The molecule has 0 bridgehead atoms. The molecular weight excluding hydrogens is 306 g/mol. The first-order chi connectivity index (χ1) is 8.99. The second-order valence-electron chi connectivity index (χ2n) is 4.94. The molecule has 1 atom stereocenters. The van der Waals surface area contributed by atoms with Crippen LogP contribution >= 0.6 is 15.9 Å². The van der Waals surface area contributed by atoms with Crippen LogP contribution in [0.2, 0.25) is 0 Å². The second kappa shape index (κ2) is 5.84. The standard InChI is InChI=1S/C14H18BrN3O/c1-9(2)18-14(16-8-17-18)7-13(19)12-5-4-11(15)6-10(12)3/h4-6,8-9,13,19H,7H2,1-3H3. The third-order valence-electron chi connectivity index (χ3n) is 3.10. The fraction of sp³-hybridized carbons (Fsp3) is 0.429. The van der Waals surface area contributed by atoms with Gasteiger partial charge in [0.15, 0.2) is 0 Å². The Balaban J connectivity index is 2.21. The number of aliphatic hydroxyl groups excluding tert-OH is 1. The fourth-order valence-electron chi connectivity index (χ4n) is 2.15. The van der Waals surface area contributed by atoms with E-state index in [2.05, 4.69) is 39.9 Å². The molecule has 0 amide bonds. The van der Waals surface area contributed by atoms with Crippen molar-refractivity contribution >= 4 is 15.9 Å². The topological polar surface area (TPSA) is 50.9 Å². The van der Waals surface area contributed by atoms with Gasteiger partial charge in [-0.1, -0.05) is 22.0 Å². The van der Waals surface area contributed by atoms with Gasteiger partial charge < -0.3 is 5.11 Å². The van der Waals surface area contributed by atoms with Crippen molar-refractivity contribution in [1.82, 2.24) is 14.8 Å². The minimum atomic E-state index is -0.560. The van der Waals surface area contributed by atoms with Crippen LogP contribution in [-0.4, -0.2) is 19.9 Å². The number of aromatic nitrogens is 3. The van der Waals surface area contributed by atoms with Crippen LogP contribution in [-0.2, 0) is 6.42 Å². The monoisotopic (exact) mass is 323 g/mol. The summed E-state index contributed by atoms with van der Waals surface area (Å²) in [6.45, 7) is 6.10. The van der Waals surface area contributed by atoms with E-state index >= 15 is 0 Å². The predicted molar refractivity (Wildman–Crippen MR) is 77.9 cm³/mol. The number of aryl methyl sites for hydroxylation is 1. The SMILES string of the molecule is Cc1cc(Br)ccc1C(O)Cc1ncnn1C(C)C. The van der Waals surface area contributed by atoms with Crippen LogP contribution in [0.1, 0.15) is 42.9 Å². The summed E-state index contributed by atoms with van der Waals surface area (Å²) in [5.74, 6) is 0.810. The van der Waals surface area contributed by atoms with Gasteiger partial charge in [-0.2, -0.15) is 5.10 Å². The molecule has 0 aliphatic rings. The highest BCUT2D eigenvalue weighted by Crippen LogP contribution is 2.24. The Bertz CT molecular complexity index is 566. The van der Waals surface area contributed by atoms with Crippen LogP contribution in [0.5, 0.6) is 0 Å². The van der Waals surface area contributed by atoms with Crippen LogP contribution in [0.25, 0.3) is 0 Å². The minimum absolute atomic E-state index is 0.246. The van der Waals surface area contributed by atoms with Gasteiger partial charge in [0.2, 0.25) is 0 Å². The zero-order chi connectivity index (χ0) is 14.0. The maximum atomic E-state index is 10.4. The molecule has 0 saturated carbocycles. The molecular formula is C14H18BrN3O. The number of hydrogen-bond acceptors (Lipinski definition) is 3. The Morgan fingerprint density at radius 3 is 2.74 bits per heavy atom. The minimum Gasteiger partial charge on any atom is -0.388 e. The van der Waals surface area contributed by atoms with Crippen molar-refractivity contribution in [2.24, 2.45) is 0 Å². The molecule has 19 heavy (non-hydrogen) atoms. The highest BCUT2D eigenvalue weighted by molar-refractivity contribution is 9.10. The van der Waals surface area contributed by atoms with E-state index in [4.69, 9.17) is 0 Å². The summed E-state index contributed by atoms with van der Waals surface area (Å²) >= 11 is 3.43. The predicted octanol–water partition coefficient (Wildman–Crippen LogP) is 3.21. The lowest BCUT2D eigenvalue weighted by atomic mass is 10.0. The van der Waals surface area contributed by atoms with E-state index in [1.54, 1.807) is 0 Å². The molecule has 0 spiro atoms. The Morgan fingerprint density at radius 2 is 2.11 bits per heavy atom. The molecule has 5 heteroatoms. The number of hydrogen-bond donors (Lipinski definition) is 1. The van der Waals surface area contributed by atoms with Crippen molar-refractivity contribution in [3.63, 3.8) is 0 Å². The molecule has 2 aromatic rings. The molecule has 1 aromatic carbocycles. The average molecular weight is 324 g/mol. The first-order valence-electron chi connectivity index (χ1n) is 6.31. The summed E-state index contributed by atoms with van der Waals surface area (Å²) in [6, 6.07) is 6.14. The Kier molecular flexibility index (Phi) is 4.37. The van der Waals surface area contributed by atoms with Crippen LogP contribution in [0.3, 0.4) is 0 Å². The second-order valence-corrected chi connectivity index (χ2v) is 5.85. The number of benzene rings is 1. The smallest absolute Gasteiger partial charge is 0.138 e. The highest BCUT2D eigenvalue weighted by Gasteiger charge is 2.16. The average Bonchev–Trinajstić information content (AvgIpc) is 2.76. The maximum Gasteiger partial charge on any atom is 0.138 e. The first kappa shape index (κ1) is 14.2. The van der Waals surface area contributed by atoms with E-state index < -0.39 is 6.10 Å². The quantitative estimate of drug-likeness (QED) is 0.939. The number of nitrogens with zero attached hydrogens (tertiary/aromatic N) is 3. The fourth-order valence-corrected chi connectivity index (χ4v) is 2.62. The van der Waals surface area contributed by atoms with Crippen molar-refractivity contribution in [3.05, 3.63) is 46.0 Å². The van der Waals surface area contributed by atoms with E-state index in [-0.39, 0.29) is 6.04 Å². The highest BCUT2D eigenvalue weighted by atomic mass is 79.9. The molecule has 0 fully saturated rings. The van der Waals surface area contributed by atoms with Gasteiger partial charge in [0.25, 0.3) is 0 Å². The van der Waals surface area contributed by atoms with E-state index in [0.717, 1.165) is 21.4 Å². The van der Waals surface area contributed by atoms with E-state index in [1.165, 1.54) is 6.33 Å². The van der Waals surface area contributed by atoms with Crippen LogP contribution in [0.15, 0.2) is 29.0 Å². The lowest BCUT2D eigenvalue weighted by molar-refractivity contribution is 0.172. The molecule has 1 N–H and O–H groups in total. The Morgan fingerprint density at radius 1 is 1.37 bits per heavy atom. The molecule has 0 saturated heterocycles. The Hall–Kier alpha value is -1.20. The van der Waals surface area contributed by atoms with Gasteiger partial charge in [-0.05, 0) is 44.0 Å². The molecule has 4 nitrogen and oxygen atoms in total. The molecule has 2 rings (SSSR count). The maximum absolute atomic E-state index is 10.4. The molecule has 0 aliphatic carbocycles. The zero-order valence-corrected chi connectivity index (χ0v) is 12.9. The molecule has 0 aliphatic heterocycles. The Labute approximate surface area is 121 Å². The van der Waals surface area contributed by atoms with Crippen LogP contribution in [0.4, 0.5) is 0 Å². The first-order valence-corrected chi connectivity index (χ1v) is 7.11. The molecule has 0 radical (unpaired) electrons. The van der Waals surface area contributed by atoms with Gasteiger partial charge in [0, 0.05) is 16.9 Å². The van der Waals surface area contributed by atoms with Gasteiger partial charge in [-0.25, -0.2) is 9.67 Å². The summed E-state index contributed by atoms with van der Waals surface area (Å²) in [7, 11) is 0. The summed E-state index contributed by atoms with van der Waals surface area (Å²) in [5.41, 5.74) is 2.00. The van der Waals surface area contributed by atoms with Crippen molar-refractivity contribution < 1.29 is 5.11 Å². The van der Waals surface area contributed by atoms with Gasteiger partial charge in [0.1, 0.15) is 12.2 Å². The van der Waals surface area contributed by atoms with Crippen molar-refractivity contribution in [1.29, 1.82) is 0 Å². The number of aliphatic hydroxyl groups is 1. The third kappa shape index (κ3) is 3.22. The molecule has 1 unspecified atom stereocenters. The lowest BCUT2D eigenvalue weighted by Gasteiger charge is -2.15. The van der Waals surface area contributed by atoms with E-state index in [9.17, 15) is 5.11 Å². The summed E-state index contributed by atoms with van der Waals surface area (Å²) < 4.78 is 2.86. The zero-order valence-electron chi connectivity index (χ0n) is 11.3. The van der Waals surface area contributed by atoms with Crippen LogP contribution < -0.4 is 0 Å². The molecule has 1 heterocycles. The van der Waals surface area contributed by atoms with Crippen molar-refractivity contribution in [2.45, 2.75) is 39.3 Å². The van der Waals surface area contributed by atoms with Crippen LogP contribution in [0, 0.1) is 6.92 Å². The van der Waals surface area contributed by atoms with Gasteiger partial charge in [0.05, 0.1) is 6.10 Å². The van der Waals surface area contributed by atoms with Gasteiger partial charge in [-0.15, -0.1) is 0 Å². The van der Waals surface area contributed by atoms with Crippen molar-refractivity contribution in [3.8, 4) is 0 Å². The van der Waals surface area contributed by atoms with E-state index in [1.807, 2.05) is 29.8 Å². The largest absolute Gasteiger partial charge is 0.388 e. The van der Waals surface area contributed by atoms with Gasteiger partial charge >= 0.3 is 0 Å². The summed E-state index contributed by atoms with van der Waals surface area (Å²) in [5, 5.41) is 14.6. The number of rotatable bonds is 4.